The van der Waals surface area contributed by atoms with Crippen molar-refractivity contribution in [1.82, 2.24) is 4.40 Å². The number of aryl methyl sites for hydroxylation is 1. The summed E-state index contributed by atoms with van der Waals surface area (Å²) in [6.45, 7) is 1.82. The number of hydrogen-bond acceptors (Lipinski definition) is 1. The Morgan fingerprint density at radius 2 is 1.75 bits per heavy atom. The molecule has 3 rings (SSSR count). The zero-order valence-electron chi connectivity index (χ0n) is 10.7. The van der Waals surface area contributed by atoms with E-state index in [0.717, 1.165) is 23.3 Å². The molecule has 0 saturated heterocycles. The SMILES string of the molecule is Cc1cccc2ccc(-c3ccc(F)c(F)c3)c(=O)n12. The third-order valence-corrected chi connectivity index (χ3v) is 3.30. The van der Waals surface area contributed by atoms with Gasteiger partial charge in [0.25, 0.3) is 5.56 Å². The lowest BCUT2D eigenvalue weighted by molar-refractivity contribution is 0.509. The highest BCUT2D eigenvalue weighted by Gasteiger charge is 2.10. The van der Waals surface area contributed by atoms with Crippen LogP contribution in [0.4, 0.5) is 8.78 Å². The summed E-state index contributed by atoms with van der Waals surface area (Å²) in [4.78, 5) is 12.5. The van der Waals surface area contributed by atoms with Gasteiger partial charge in [-0.05, 0) is 48.9 Å². The Bertz CT molecular complexity index is 868. The quantitative estimate of drug-likeness (QED) is 0.663. The molecule has 2 aromatic heterocycles. The minimum absolute atomic E-state index is 0.244. The smallest absolute Gasteiger partial charge is 0.263 e. The van der Waals surface area contributed by atoms with Gasteiger partial charge < -0.3 is 0 Å². The zero-order valence-corrected chi connectivity index (χ0v) is 10.7. The second kappa shape index (κ2) is 4.56. The molecule has 2 heterocycles. The van der Waals surface area contributed by atoms with Crippen LogP contribution in [0.1, 0.15) is 5.69 Å². The average molecular weight is 271 g/mol. The van der Waals surface area contributed by atoms with Crippen LogP contribution in [0.15, 0.2) is 53.3 Å². The van der Waals surface area contributed by atoms with E-state index in [2.05, 4.69) is 0 Å². The molecule has 0 spiro atoms. The zero-order chi connectivity index (χ0) is 14.3. The molecule has 0 N–H and O–H groups in total. The van der Waals surface area contributed by atoms with Crippen LogP contribution in [-0.2, 0) is 0 Å². The van der Waals surface area contributed by atoms with Crippen molar-refractivity contribution in [2.75, 3.05) is 0 Å². The molecule has 0 radical (unpaired) electrons. The molecule has 0 saturated carbocycles. The lowest BCUT2D eigenvalue weighted by Crippen LogP contribution is -2.17. The van der Waals surface area contributed by atoms with Crippen LogP contribution in [0.25, 0.3) is 16.6 Å². The number of halogens is 2. The molecular formula is C16H11F2NO. The molecule has 0 aliphatic heterocycles. The molecular weight excluding hydrogens is 260 g/mol. The first-order valence-electron chi connectivity index (χ1n) is 6.15. The predicted molar refractivity (Wildman–Crippen MR) is 73.8 cm³/mol. The van der Waals surface area contributed by atoms with Crippen molar-refractivity contribution in [1.29, 1.82) is 0 Å². The number of pyridine rings is 2. The Labute approximate surface area is 113 Å². The largest absolute Gasteiger partial charge is 0.281 e. The Kier molecular flexibility index (Phi) is 2.86. The van der Waals surface area contributed by atoms with E-state index in [1.807, 2.05) is 25.1 Å². The molecule has 0 aliphatic carbocycles. The summed E-state index contributed by atoms with van der Waals surface area (Å²) in [7, 11) is 0. The van der Waals surface area contributed by atoms with Gasteiger partial charge in [0, 0.05) is 16.8 Å². The fourth-order valence-corrected chi connectivity index (χ4v) is 2.29. The van der Waals surface area contributed by atoms with E-state index in [-0.39, 0.29) is 5.56 Å². The lowest BCUT2D eigenvalue weighted by Gasteiger charge is -2.08. The van der Waals surface area contributed by atoms with E-state index in [4.69, 9.17) is 0 Å². The molecule has 4 heteroatoms. The number of fused-ring (bicyclic) bond motifs is 1. The molecule has 20 heavy (non-hydrogen) atoms. The van der Waals surface area contributed by atoms with Gasteiger partial charge in [0.05, 0.1) is 0 Å². The highest BCUT2D eigenvalue weighted by Crippen LogP contribution is 2.19. The van der Waals surface area contributed by atoms with Crippen molar-refractivity contribution in [3.05, 3.63) is 76.2 Å². The van der Waals surface area contributed by atoms with Crippen molar-refractivity contribution < 1.29 is 8.78 Å². The second-order valence-corrected chi connectivity index (χ2v) is 4.61. The number of rotatable bonds is 1. The minimum atomic E-state index is -0.961. The maximum absolute atomic E-state index is 13.3. The molecule has 0 bridgehead atoms. The fraction of sp³-hybridized carbons (Fsp3) is 0.0625. The molecule has 0 amide bonds. The van der Waals surface area contributed by atoms with Crippen molar-refractivity contribution in [2.45, 2.75) is 6.92 Å². The number of benzene rings is 1. The number of nitrogens with zero attached hydrogens (tertiary/aromatic N) is 1. The number of hydrogen-bond donors (Lipinski definition) is 0. The van der Waals surface area contributed by atoms with Crippen LogP contribution in [0, 0.1) is 18.6 Å². The summed E-state index contributed by atoms with van der Waals surface area (Å²) in [5, 5.41) is 0. The molecule has 0 fully saturated rings. The molecule has 1 aromatic carbocycles. The first-order chi connectivity index (χ1) is 9.58. The molecule has 0 atom stereocenters. The van der Waals surface area contributed by atoms with Gasteiger partial charge in [0.2, 0.25) is 0 Å². The topological polar surface area (TPSA) is 21.5 Å². The van der Waals surface area contributed by atoms with Crippen molar-refractivity contribution >= 4 is 5.52 Å². The van der Waals surface area contributed by atoms with Crippen molar-refractivity contribution in [2.24, 2.45) is 0 Å². The Morgan fingerprint density at radius 1 is 0.950 bits per heavy atom. The molecule has 0 unspecified atom stereocenters. The van der Waals surface area contributed by atoms with Crippen LogP contribution >= 0.6 is 0 Å². The minimum Gasteiger partial charge on any atom is -0.281 e. The van der Waals surface area contributed by atoms with Crippen LogP contribution in [-0.4, -0.2) is 4.40 Å². The first-order valence-corrected chi connectivity index (χ1v) is 6.15. The highest BCUT2D eigenvalue weighted by molar-refractivity contribution is 5.65. The van der Waals surface area contributed by atoms with Crippen LogP contribution in [0.5, 0.6) is 0 Å². The monoisotopic (exact) mass is 271 g/mol. The maximum atomic E-state index is 13.3. The van der Waals surface area contributed by atoms with Crippen LogP contribution in [0.3, 0.4) is 0 Å². The van der Waals surface area contributed by atoms with E-state index < -0.39 is 11.6 Å². The van der Waals surface area contributed by atoms with E-state index in [9.17, 15) is 13.6 Å². The summed E-state index contributed by atoms with van der Waals surface area (Å²) in [6, 6.07) is 12.4. The first kappa shape index (κ1) is 12.5. The van der Waals surface area contributed by atoms with Gasteiger partial charge in [0.1, 0.15) is 0 Å². The van der Waals surface area contributed by atoms with Gasteiger partial charge in [-0.2, -0.15) is 0 Å². The Morgan fingerprint density at radius 3 is 2.50 bits per heavy atom. The highest BCUT2D eigenvalue weighted by atomic mass is 19.2. The summed E-state index contributed by atoms with van der Waals surface area (Å²) in [5.41, 5.74) is 2.02. The average Bonchev–Trinajstić information content (AvgIpc) is 2.42. The maximum Gasteiger partial charge on any atom is 0.263 e. The second-order valence-electron chi connectivity index (χ2n) is 4.61. The van der Waals surface area contributed by atoms with Gasteiger partial charge in [-0.1, -0.05) is 12.1 Å². The molecule has 0 aliphatic rings. The lowest BCUT2D eigenvalue weighted by atomic mass is 10.1. The van der Waals surface area contributed by atoms with Gasteiger partial charge in [0.15, 0.2) is 11.6 Å². The Hall–Kier alpha value is -2.49. The van der Waals surface area contributed by atoms with Gasteiger partial charge in [-0.25, -0.2) is 8.78 Å². The van der Waals surface area contributed by atoms with Gasteiger partial charge in [-0.3, -0.25) is 9.20 Å². The van der Waals surface area contributed by atoms with Crippen molar-refractivity contribution in [3.63, 3.8) is 0 Å². The van der Waals surface area contributed by atoms with Crippen LogP contribution in [0.2, 0.25) is 0 Å². The van der Waals surface area contributed by atoms with E-state index in [1.165, 1.54) is 6.07 Å². The summed E-state index contributed by atoms with van der Waals surface area (Å²) >= 11 is 0. The summed E-state index contributed by atoms with van der Waals surface area (Å²) in [5.74, 6) is -1.89. The molecule has 3 aromatic rings. The van der Waals surface area contributed by atoms with E-state index in [1.54, 1.807) is 16.5 Å². The predicted octanol–water partition coefficient (Wildman–Crippen LogP) is 3.55. The third kappa shape index (κ3) is 1.90. The van der Waals surface area contributed by atoms with E-state index in [0.29, 0.717) is 11.1 Å². The Balaban J connectivity index is 2.32. The fourth-order valence-electron chi connectivity index (χ4n) is 2.29. The normalized spacial score (nSPS) is 10.9. The number of aromatic nitrogens is 1. The van der Waals surface area contributed by atoms with Crippen molar-refractivity contribution in [3.8, 4) is 11.1 Å². The van der Waals surface area contributed by atoms with Crippen LogP contribution < -0.4 is 5.56 Å². The third-order valence-electron chi connectivity index (χ3n) is 3.30. The summed E-state index contributed by atoms with van der Waals surface area (Å²) in [6.07, 6.45) is 0. The molecule has 2 nitrogen and oxygen atoms in total. The standard InChI is InChI=1S/C16H11F2NO/c1-10-3-2-4-12-6-7-13(16(20)19(10)12)11-5-8-14(17)15(18)9-11/h2-9H,1H3. The summed E-state index contributed by atoms with van der Waals surface area (Å²) < 4.78 is 27.8. The van der Waals surface area contributed by atoms with Gasteiger partial charge >= 0.3 is 0 Å². The van der Waals surface area contributed by atoms with Gasteiger partial charge in [-0.15, -0.1) is 0 Å². The van der Waals surface area contributed by atoms with E-state index >= 15 is 0 Å². The molecule has 100 valence electrons.